The maximum Gasteiger partial charge on any atom is 0.253 e. The summed E-state index contributed by atoms with van der Waals surface area (Å²) in [6.45, 7) is 8.39. The molecule has 0 spiro atoms. The fourth-order valence-electron chi connectivity index (χ4n) is 2.71. The summed E-state index contributed by atoms with van der Waals surface area (Å²) in [4.78, 5) is 26.5. The SMILES string of the molecule is CCN(CC)C(=O)c1ccc(NC(=O)C(C)NS(=O)(=O)c2ccc(C)cc2)cc1. The Hall–Kier alpha value is -2.71. The van der Waals surface area contributed by atoms with Crippen molar-refractivity contribution in [3.63, 3.8) is 0 Å². The van der Waals surface area contributed by atoms with E-state index in [4.69, 9.17) is 0 Å². The van der Waals surface area contributed by atoms with E-state index in [0.29, 0.717) is 24.3 Å². The highest BCUT2D eigenvalue weighted by Crippen LogP contribution is 2.14. The number of carbonyl (C=O) groups is 2. The van der Waals surface area contributed by atoms with E-state index in [-0.39, 0.29) is 10.8 Å². The quantitative estimate of drug-likeness (QED) is 0.690. The predicted molar refractivity (Wildman–Crippen MR) is 113 cm³/mol. The Kier molecular flexibility index (Phi) is 7.53. The van der Waals surface area contributed by atoms with Gasteiger partial charge < -0.3 is 10.2 Å². The lowest BCUT2D eigenvalue weighted by atomic mass is 10.1. The summed E-state index contributed by atoms with van der Waals surface area (Å²) in [7, 11) is -3.81. The second kappa shape index (κ2) is 9.67. The van der Waals surface area contributed by atoms with Crippen LogP contribution in [-0.4, -0.2) is 44.3 Å². The van der Waals surface area contributed by atoms with E-state index in [2.05, 4.69) is 10.0 Å². The zero-order valence-corrected chi connectivity index (χ0v) is 17.9. The number of benzene rings is 2. The molecule has 2 aromatic rings. The van der Waals surface area contributed by atoms with Gasteiger partial charge in [-0.15, -0.1) is 0 Å². The number of amides is 2. The van der Waals surface area contributed by atoms with E-state index in [1.807, 2.05) is 20.8 Å². The molecule has 8 heteroatoms. The van der Waals surface area contributed by atoms with Crippen molar-refractivity contribution in [1.29, 1.82) is 0 Å². The van der Waals surface area contributed by atoms with E-state index in [1.165, 1.54) is 19.1 Å². The summed E-state index contributed by atoms with van der Waals surface area (Å²) in [6, 6.07) is 11.9. The van der Waals surface area contributed by atoms with Crippen molar-refractivity contribution in [3.05, 3.63) is 59.7 Å². The smallest absolute Gasteiger partial charge is 0.253 e. The number of nitrogens with zero attached hydrogens (tertiary/aromatic N) is 1. The third-order valence-electron chi connectivity index (χ3n) is 4.51. The Balaban J connectivity index is 2.02. The summed E-state index contributed by atoms with van der Waals surface area (Å²) < 4.78 is 27.2. The highest BCUT2D eigenvalue weighted by molar-refractivity contribution is 7.89. The third kappa shape index (κ3) is 5.88. The van der Waals surface area contributed by atoms with Crippen LogP contribution in [-0.2, 0) is 14.8 Å². The second-order valence-electron chi connectivity index (χ2n) is 6.70. The van der Waals surface area contributed by atoms with Gasteiger partial charge in [-0.2, -0.15) is 4.72 Å². The molecule has 0 aromatic heterocycles. The topological polar surface area (TPSA) is 95.6 Å². The molecular weight excluding hydrogens is 390 g/mol. The van der Waals surface area contributed by atoms with Gasteiger partial charge in [0, 0.05) is 24.3 Å². The minimum atomic E-state index is -3.81. The molecule has 0 aliphatic rings. The molecule has 0 radical (unpaired) electrons. The van der Waals surface area contributed by atoms with Gasteiger partial charge in [-0.3, -0.25) is 9.59 Å². The number of hydrogen-bond donors (Lipinski definition) is 2. The normalized spacial score (nSPS) is 12.3. The average molecular weight is 418 g/mol. The molecular formula is C21H27N3O4S. The van der Waals surface area contributed by atoms with Gasteiger partial charge in [-0.25, -0.2) is 8.42 Å². The Morgan fingerprint density at radius 3 is 2.03 bits per heavy atom. The van der Waals surface area contributed by atoms with Gasteiger partial charge in [-0.1, -0.05) is 17.7 Å². The van der Waals surface area contributed by atoms with Crippen molar-refractivity contribution in [2.24, 2.45) is 0 Å². The predicted octanol–water partition coefficient (Wildman–Crippen LogP) is 2.78. The van der Waals surface area contributed by atoms with Gasteiger partial charge in [-0.05, 0) is 64.1 Å². The first kappa shape index (κ1) is 22.6. The molecule has 0 aliphatic heterocycles. The van der Waals surface area contributed by atoms with Crippen LogP contribution in [0.2, 0.25) is 0 Å². The lowest BCUT2D eigenvalue weighted by Crippen LogP contribution is -2.41. The zero-order chi connectivity index (χ0) is 21.6. The fraction of sp³-hybridized carbons (Fsp3) is 0.333. The van der Waals surface area contributed by atoms with Gasteiger partial charge in [0.2, 0.25) is 15.9 Å². The average Bonchev–Trinajstić information content (AvgIpc) is 2.69. The molecule has 0 saturated carbocycles. The molecule has 0 bridgehead atoms. The Bertz CT molecular complexity index is 950. The summed E-state index contributed by atoms with van der Waals surface area (Å²) in [5.41, 5.74) is 1.95. The Morgan fingerprint density at radius 1 is 0.966 bits per heavy atom. The second-order valence-corrected chi connectivity index (χ2v) is 8.41. The van der Waals surface area contributed by atoms with Crippen LogP contribution in [0.4, 0.5) is 5.69 Å². The molecule has 0 heterocycles. The standard InChI is InChI=1S/C21H27N3O4S/c1-5-24(6-2)21(26)17-9-11-18(12-10-17)22-20(25)16(4)23-29(27,28)19-13-7-15(3)8-14-19/h7-14,16,23H,5-6H2,1-4H3,(H,22,25). The largest absolute Gasteiger partial charge is 0.339 e. The number of anilines is 1. The lowest BCUT2D eigenvalue weighted by Gasteiger charge is -2.19. The molecule has 2 N–H and O–H groups in total. The number of sulfonamides is 1. The van der Waals surface area contributed by atoms with Gasteiger partial charge in [0.1, 0.15) is 0 Å². The molecule has 0 saturated heterocycles. The van der Waals surface area contributed by atoms with Crippen LogP contribution in [0, 0.1) is 6.92 Å². The lowest BCUT2D eigenvalue weighted by molar-refractivity contribution is -0.117. The number of hydrogen-bond acceptors (Lipinski definition) is 4. The molecule has 2 amide bonds. The van der Waals surface area contributed by atoms with Crippen molar-refractivity contribution < 1.29 is 18.0 Å². The highest BCUT2D eigenvalue weighted by Gasteiger charge is 2.22. The van der Waals surface area contributed by atoms with E-state index < -0.39 is 22.0 Å². The van der Waals surface area contributed by atoms with Crippen LogP contribution in [0.5, 0.6) is 0 Å². The fourth-order valence-corrected chi connectivity index (χ4v) is 3.91. The van der Waals surface area contributed by atoms with Crippen molar-refractivity contribution in [2.45, 2.75) is 38.6 Å². The molecule has 1 unspecified atom stereocenters. The van der Waals surface area contributed by atoms with Crippen molar-refractivity contribution in [3.8, 4) is 0 Å². The number of nitrogens with one attached hydrogen (secondary N) is 2. The van der Waals surface area contributed by atoms with Gasteiger partial charge in [0.25, 0.3) is 5.91 Å². The van der Waals surface area contributed by atoms with Gasteiger partial charge >= 0.3 is 0 Å². The van der Waals surface area contributed by atoms with Crippen molar-refractivity contribution in [2.75, 3.05) is 18.4 Å². The maximum atomic E-state index is 12.4. The van der Waals surface area contributed by atoms with Crippen LogP contribution in [0.25, 0.3) is 0 Å². The highest BCUT2D eigenvalue weighted by atomic mass is 32.2. The summed E-state index contributed by atoms with van der Waals surface area (Å²) >= 11 is 0. The zero-order valence-electron chi connectivity index (χ0n) is 17.1. The first-order chi connectivity index (χ1) is 13.7. The van der Waals surface area contributed by atoms with Gasteiger partial charge in [0.05, 0.1) is 10.9 Å². The number of aryl methyl sites for hydroxylation is 1. The van der Waals surface area contributed by atoms with Crippen LogP contribution in [0.3, 0.4) is 0 Å². The molecule has 2 rings (SSSR count). The molecule has 7 nitrogen and oxygen atoms in total. The molecule has 2 aromatic carbocycles. The van der Waals surface area contributed by atoms with E-state index >= 15 is 0 Å². The molecule has 0 fully saturated rings. The first-order valence-electron chi connectivity index (χ1n) is 9.47. The Morgan fingerprint density at radius 2 is 1.52 bits per heavy atom. The minimum Gasteiger partial charge on any atom is -0.339 e. The summed E-state index contributed by atoms with van der Waals surface area (Å²) in [5, 5.41) is 2.66. The monoisotopic (exact) mass is 417 g/mol. The summed E-state index contributed by atoms with van der Waals surface area (Å²) in [5.74, 6) is -0.574. The minimum absolute atomic E-state index is 0.0768. The number of carbonyl (C=O) groups excluding carboxylic acids is 2. The van der Waals surface area contributed by atoms with E-state index in [0.717, 1.165) is 5.56 Å². The molecule has 1 atom stereocenters. The third-order valence-corrected chi connectivity index (χ3v) is 6.06. The van der Waals surface area contributed by atoms with Gasteiger partial charge in [0.15, 0.2) is 0 Å². The van der Waals surface area contributed by atoms with Crippen molar-refractivity contribution >= 4 is 27.5 Å². The summed E-state index contributed by atoms with van der Waals surface area (Å²) in [6.07, 6.45) is 0. The van der Waals surface area contributed by atoms with E-state index in [1.54, 1.807) is 41.3 Å². The van der Waals surface area contributed by atoms with E-state index in [9.17, 15) is 18.0 Å². The molecule has 0 aliphatic carbocycles. The van der Waals surface area contributed by atoms with Crippen LogP contribution >= 0.6 is 0 Å². The van der Waals surface area contributed by atoms with Crippen LogP contribution in [0.1, 0.15) is 36.7 Å². The first-order valence-corrected chi connectivity index (χ1v) is 11.0. The van der Waals surface area contributed by atoms with Crippen LogP contribution in [0.15, 0.2) is 53.4 Å². The van der Waals surface area contributed by atoms with Crippen LogP contribution < -0.4 is 10.0 Å². The maximum absolute atomic E-state index is 12.4. The molecule has 156 valence electrons. The molecule has 29 heavy (non-hydrogen) atoms. The van der Waals surface area contributed by atoms with Crippen molar-refractivity contribution in [1.82, 2.24) is 9.62 Å². The number of rotatable bonds is 8. The Labute approximate surface area is 172 Å².